The number of carbonyl (C=O) groups excluding carboxylic acids is 1. The first-order valence-electron chi connectivity index (χ1n) is 14.0. The number of carbonyl (C=O) groups is 2. The zero-order valence-electron chi connectivity index (χ0n) is 24.1. The van der Waals surface area contributed by atoms with Gasteiger partial charge in [0.25, 0.3) is 0 Å². The number of hydrogen-bond donors (Lipinski definition) is 3. The van der Waals surface area contributed by atoms with Gasteiger partial charge in [-0.15, -0.1) is 0 Å². The Kier molecular flexibility index (Phi) is 9.53. The standard InChI is InChI=1S/C14H18ClNO2.C10H9ClO2.C9H10ClN/c1-13(2,3)18-12(17)16-14(8-9-14)10-4-6-11(15)7-5-10;11-8-3-1-7(2-4-8)10(5-6-10)9(12)13;10-8-3-1-7(2-4-8)9(11)5-6-9/h4-7H,8-9H2,1-3H3,(H,16,17);1-4H,5-6H2,(H,12,13);1-4H,5-6,11H2. The molecule has 3 aromatic rings. The normalized spacial score (nSPS) is 18.2. The van der Waals surface area contributed by atoms with Gasteiger partial charge in [-0.05, 0) is 112 Å². The highest BCUT2D eigenvalue weighted by molar-refractivity contribution is 6.31. The van der Waals surface area contributed by atoms with Crippen molar-refractivity contribution in [2.75, 3.05) is 0 Å². The Hall–Kier alpha value is -2.77. The maximum atomic E-state index is 11.8. The molecule has 42 heavy (non-hydrogen) atoms. The van der Waals surface area contributed by atoms with Crippen molar-refractivity contribution in [1.29, 1.82) is 0 Å². The third-order valence-corrected chi connectivity index (χ3v) is 8.41. The van der Waals surface area contributed by atoms with Gasteiger partial charge in [0.1, 0.15) is 5.60 Å². The molecule has 6 nitrogen and oxygen atoms in total. The van der Waals surface area contributed by atoms with E-state index in [9.17, 15) is 9.59 Å². The smallest absolute Gasteiger partial charge is 0.408 e. The van der Waals surface area contributed by atoms with Crippen LogP contribution < -0.4 is 11.1 Å². The van der Waals surface area contributed by atoms with Gasteiger partial charge in [0.2, 0.25) is 0 Å². The average molecular weight is 632 g/mol. The second-order valence-corrected chi connectivity index (χ2v) is 13.6. The molecule has 224 valence electrons. The SMILES string of the molecule is CC(C)(C)OC(=O)NC1(c2ccc(Cl)cc2)CC1.NC1(c2ccc(Cl)cc2)CC1.O=C(O)C1(c2ccc(Cl)cc2)CC1. The summed E-state index contributed by atoms with van der Waals surface area (Å²) in [5.74, 6) is -0.727. The Morgan fingerprint density at radius 1 is 0.714 bits per heavy atom. The fourth-order valence-corrected chi connectivity index (χ4v) is 4.98. The van der Waals surface area contributed by atoms with Crippen molar-refractivity contribution in [2.45, 2.75) is 81.4 Å². The molecule has 0 bridgehead atoms. The van der Waals surface area contributed by atoms with Crippen LogP contribution in [0.5, 0.6) is 0 Å². The van der Waals surface area contributed by atoms with Crippen LogP contribution in [-0.2, 0) is 26.0 Å². The van der Waals surface area contributed by atoms with Gasteiger partial charge in [-0.3, -0.25) is 4.79 Å². The minimum absolute atomic E-state index is 0.0232. The fraction of sp³-hybridized carbons (Fsp3) is 0.394. The number of rotatable bonds is 5. The average Bonchev–Trinajstić information content (AvgIpc) is 3.80. The summed E-state index contributed by atoms with van der Waals surface area (Å²) in [7, 11) is 0. The van der Waals surface area contributed by atoms with Crippen LogP contribution in [0.2, 0.25) is 15.1 Å². The van der Waals surface area contributed by atoms with Crippen LogP contribution in [-0.4, -0.2) is 22.8 Å². The molecule has 3 aliphatic carbocycles. The maximum Gasteiger partial charge on any atom is 0.408 e. The number of carboxylic acids is 1. The minimum Gasteiger partial charge on any atom is -0.481 e. The predicted octanol–water partition coefficient (Wildman–Crippen LogP) is 8.60. The first-order valence-corrected chi connectivity index (χ1v) is 15.1. The van der Waals surface area contributed by atoms with Gasteiger partial charge in [-0.1, -0.05) is 71.2 Å². The molecular weight excluding hydrogens is 595 g/mol. The highest BCUT2D eigenvalue weighted by atomic mass is 35.5. The van der Waals surface area contributed by atoms with Crippen LogP contribution >= 0.6 is 34.8 Å². The third kappa shape index (κ3) is 8.41. The van der Waals surface area contributed by atoms with Gasteiger partial charge >= 0.3 is 12.1 Å². The summed E-state index contributed by atoms with van der Waals surface area (Å²) >= 11 is 17.3. The van der Waals surface area contributed by atoms with E-state index in [0.29, 0.717) is 10.0 Å². The lowest BCUT2D eigenvalue weighted by Crippen LogP contribution is -2.39. The summed E-state index contributed by atoms with van der Waals surface area (Å²) in [6, 6.07) is 22.5. The molecule has 1 amide bonds. The lowest BCUT2D eigenvalue weighted by Gasteiger charge is -2.23. The van der Waals surface area contributed by atoms with Crippen molar-refractivity contribution in [3.05, 3.63) is 105 Å². The number of halogens is 3. The van der Waals surface area contributed by atoms with Gasteiger partial charge in [-0.2, -0.15) is 0 Å². The Morgan fingerprint density at radius 2 is 1.12 bits per heavy atom. The number of nitrogens with two attached hydrogens (primary N) is 1. The molecule has 9 heteroatoms. The van der Waals surface area contributed by atoms with E-state index in [-0.39, 0.29) is 17.2 Å². The van der Waals surface area contributed by atoms with E-state index in [1.807, 2.05) is 69.3 Å². The quantitative estimate of drug-likeness (QED) is 0.262. The van der Waals surface area contributed by atoms with Gasteiger partial charge in [0.15, 0.2) is 0 Å². The second kappa shape index (κ2) is 12.5. The number of benzene rings is 3. The molecule has 0 spiro atoms. The van der Waals surface area contributed by atoms with Crippen LogP contribution in [0.25, 0.3) is 0 Å². The summed E-state index contributed by atoms with van der Waals surface area (Å²) in [6.07, 6.45) is 5.20. The molecule has 3 fully saturated rings. The predicted molar refractivity (Wildman–Crippen MR) is 168 cm³/mol. The zero-order chi connectivity index (χ0) is 30.8. The summed E-state index contributed by atoms with van der Waals surface area (Å²) < 4.78 is 5.28. The molecule has 3 aliphatic rings. The highest BCUT2D eigenvalue weighted by Crippen LogP contribution is 2.48. The Bertz CT molecular complexity index is 1390. The first-order chi connectivity index (χ1) is 19.7. The van der Waals surface area contributed by atoms with Crippen LogP contribution in [0.1, 0.15) is 76.0 Å². The summed E-state index contributed by atoms with van der Waals surface area (Å²) in [5, 5.41) is 14.1. The maximum absolute atomic E-state index is 11.8. The molecule has 0 aliphatic heterocycles. The summed E-state index contributed by atoms with van der Waals surface area (Å²) in [4.78, 5) is 22.7. The van der Waals surface area contributed by atoms with E-state index >= 15 is 0 Å². The Labute approximate surface area is 262 Å². The molecule has 0 atom stereocenters. The molecule has 0 unspecified atom stereocenters. The zero-order valence-corrected chi connectivity index (χ0v) is 26.3. The van der Waals surface area contributed by atoms with Crippen molar-refractivity contribution in [3.63, 3.8) is 0 Å². The van der Waals surface area contributed by atoms with Crippen LogP contribution in [0.15, 0.2) is 72.8 Å². The van der Waals surface area contributed by atoms with Gasteiger partial charge < -0.3 is 20.9 Å². The molecule has 0 saturated heterocycles. The second-order valence-electron chi connectivity index (χ2n) is 12.3. The molecule has 0 radical (unpaired) electrons. The summed E-state index contributed by atoms with van der Waals surface area (Å²) in [5.41, 5.74) is 7.77. The van der Waals surface area contributed by atoms with E-state index in [1.54, 1.807) is 24.3 Å². The van der Waals surface area contributed by atoms with E-state index in [0.717, 1.165) is 54.7 Å². The van der Waals surface area contributed by atoms with E-state index in [2.05, 4.69) is 5.32 Å². The topological polar surface area (TPSA) is 102 Å². The molecule has 0 heterocycles. The number of hydrogen-bond acceptors (Lipinski definition) is 4. The molecule has 0 aromatic heterocycles. The number of amides is 1. The van der Waals surface area contributed by atoms with E-state index in [4.69, 9.17) is 50.4 Å². The fourth-order valence-electron chi connectivity index (χ4n) is 4.60. The number of ether oxygens (including phenoxy) is 1. The largest absolute Gasteiger partial charge is 0.481 e. The van der Waals surface area contributed by atoms with Crippen LogP contribution in [0.3, 0.4) is 0 Å². The minimum atomic E-state index is -0.727. The Balaban J connectivity index is 0.000000150. The summed E-state index contributed by atoms with van der Waals surface area (Å²) in [6.45, 7) is 5.57. The molecular formula is C33H37Cl3N2O4. The molecule has 4 N–H and O–H groups in total. The monoisotopic (exact) mass is 630 g/mol. The van der Waals surface area contributed by atoms with Crippen LogP contribution in [0.4, 0.5) is 4.79 Å². The van der Waals surface area contributed by atoms with Crippen molar-refractivity contribution in [1.82, 2.24) is 5.32 Å². The highest BCUT2D eigenvalue weighted by Gasteiger charge is 2.51. The third-order valence-electron chi connectivity index (χ3n) is 7.65. The lowest BCUT2D eigenvalue weighted by molar-refractivity contribution is -0.140. The molecule has 3 aromatic carbocycles. The number of carboxylic acid groups (broad SMARTS) is 1. The van der Waals surface area contributed by atoms with Crippen molar-refractivity contribution < 1.29 is 19.4 Å². The lowest BCUT2D eigenvalue weighted by atomic mass is 9.96. The molecule has 6 rings (SSSR count). The van der Waals surface area contributed by atoms with Crippen LogP contribution in [0, 0.1) is 0 Å². The van der Waals surface area contributed by atoms with Gasteiger partial charge in [-0.25, -0.2) is 4.79 Å². The Morgan fingerprint density at radius 3 is 1.45 bits per heavy atom. The van der Waals surface area contributed by atoms with E-state index < -0.39 is 17.0 Å². The number of nitrogens with one attached hydrogen (secondary N) is 1. The first kappa shape index (κ1) is 32.2. The van der Waals surface area contributed by atoms with Gasteiger partial charge in [0, 0.05) is 20.6 Å². The number of aliphatic carboxylic acids is 1. The van der Waals surface area contributed by atoms with Gasteiger partial charge in [0.05, 0.1) is 11.0 Å². The van der Waals surface area contributed by atoms with Crippen molar-refractivity contribution >= 4 is 46.9 Å². The van der Waals surface area contributed by atoms with Crippen molar-refractivity contribution in [3.8, 4) is 0 Å². The molecule has 3 saturated carbocycles. The van der Waals surface area contributed by atoms with E-state index in [1.165, 1.54) is 5.56 Å². The number of alkyl carbamates (subject to hydrolysis) is 1. The van der Waals surface area contributed by atoms with Crippen molar-refractivity contribution in [2.24, 2.45) is 5.73 Å².